The minimum Gasteiger partial charge on any atom is -0.492 e. The van der Waals surface area contributed by atoms with Gasteiger partial charge in [-0.2, -0.15) is 11.8 Å². The molecule has 1 aromatic rings. The second kappa shape index (κ2) is 8.88. The Bertz CT molecular complexity index is 361. The number of hydrogen-bond acceptors (Lipinski definition) is 3. The van der Waals surface area contributed by atoms with Gasteiger partial charge in [0.05, 0.1) is 0 Å². The Hall–Kier alpha value is -0.190. The first-order chi connectivity index (χ1) is 9.15. The molecular weight excluding hydrogens is 322 g/mol. The van der Waals surface area contributed by atoms with Crippen LogP contribution in [-0.2, 0) is 0 Å². The van der Waals surface area contributed by atoms with Crippen molar-refractivity contribution in [2.24, 2.45) is 0 Å². The Morgan fingerprint density at radius 1 is 1.32 bits per heavy atom. The molecule has 0 atom stereocenters. The highest BCUT2D eigenvalue weighted by Crippen LogP contribution is 2.29. The van der Waals surface area contributed by atoms with Crippen molar-refractivity contribution in [3.63, 3.8) is 0 Å². The Balaban J connectivity index is 2.24. The van der Waals surface area contributed by atoms with Gasteiger partial charge in [-0.3, -0.25) is 0 Å². The molecule has 0 fully saturated rings. The van der Waals surface area contributed by atoms with Gasteiger partial charge in [0.2, 0.25) is 0 Å². The number of benzene rings is 1. The molecule has 0 aliphatic rings. The summed E-state index contributed by atoms with van der Waals surface area (Å²) in [6.07, 6.45) is 4.60. The van der Waals surface area contributed by atoms with E-state index >= 15 is 0 Å². The number of halogens is 1. The molecule has 2 nitrogen and oxygen atoms in total. The van der Waals surface area contributed by atoms with E-state index in [0.29, 0.717) is 11.4 Å². The van der Waals surface area contributed by atoms with E-state index < -0.39 is 0 Å². The van der Waals surface area contributed by atoms with Gasteiger partial charge < -0.3 is 10.1 Å². The van der Waals surface area contributed by atoms with Gasteiger partial charge in [0, 0.05) is 22.3 Å². The van der Waals surface area contributed by atoms with Crippen LogP contribution in [-0.4, -0.2) is 30.7 Å². The quantitative estimate of drug-likeness (QED) is 0.672. The van der Waals surface area contributed by atoms with Crippen molar-refractivity contribution in [3.8, 4) is 5.75 Å². The number of ether oxygens (including phenoxy) is 1. The summed E-state index contributed by atoms with van der Waals surface area (Å²) >= 11 is 5.40. The molecule has 1 N–H and O–H groups in total. The van der Waals surface area contributed by atoms with E-state index in [4.69, 9.17) is 4.74 Å². The fraction of sp³-hybridized carbons (Fsp3) is 0.600. The predicted octanol–water partition coefficient (Wildman–Crippen LogP) is 4.34. The maximum Gasteiger partial charge on any atom is 0.120 e. The van der Waals surface area contributed by atoms with Crippen LogP contribution in [0.5, 0.6) is 5.75 Å². The third kappa shape index (κ3) is 5.76. The van der Waals surface area contributed by atoms with E-state index in [0.717, 1.165) is 23.3 Å². The van der Waals surface area contributed by atoms with Crippen molar-refractivity contribution in [1.82, 2.24) is 5.32 Å². The first kappa shape index (κ1) is 16.9. The fourth-order valence-electron chi connectivity index (χ4n) is 1.97. The lowest BCUT2D eigenvalue weighted by molar-refractivity contribution is 0.309. The van der Waals surface area contributed by atoms with Crippen LogP contribution < -0.4 is 10.1 Å². The average molecular weight is 346 g/mol. The van der Waals surface area contributed by atoms with E-state index in [1.54, 1.807) is 0 Å². The Labute approximate surface area is 129 Å². The highest BCUT2D eigenvalue weighted by molar-refractivity contribution is 9.10. The molecule has 0 saturated carbocycles. The summed E-state index contributed by atoms with van der Waals surface area (Å²) in [5, 5.41) is 3.51. The molecule has 0 radical (unpaired) electrons. The molecule has 19 heavy (non-hydrogen) atoms. The molecule has 0 unspecified atom stereocenters. The maximum absolute atomic E-state index is 5.70. The second-order valence-electron chi connectivity index (χ2n) is 4.58. The Morgan fingerprint density at radius 2 is 2.05 bits per heavy atom. The van der Waals surface area contributed by atoms with Crippen LogP contribution >= 0.6 is 27.7 Å². The largest absolute Gasteiger partial charge is 0.492 e. The number of nitrogens with one attached hydrogen (secondary N) is 1. The Kier molecular flexibility index (Phi) is 7.88. The lowest BCUT2D eigenvalue weighted by atomic mass is 10.0. The summed E-state index contributed by atoms with van der Waals surface area (Å²) < 4.78 is 7.13. The van der Waals surface area contributed by atoms with E-state index in [9.17, 15) is 0 Å². The molecule has 0 aliphatic carbocycles. The minimum atomic E-state index is 0.371. The van der Waals surface area contributed by atoms with Crippen molar-refractivity contribution in [1.29, 1.82) is 0 Å². The standard InChI is InChI=1S/C15H24BrNOS/c1-4-15(5-2,19-3)12-17-9-10-18-14-8-6-7-13(16)11-14/h6-8,11,17H,4-5,9-10,12H2,1-3H3. The second-order valence-corrected chi connectivity index (χ2v) is 6.77. The van der Waals surface area contributed by atoms with Gasteiger partial charge in [0.15, 0.2) is 0 Å². The normalized spacial score (nSPS) is 11.6. The molecule has 1 aromatic carbocycles. The smallest absolute Gasteiger partial charge is 0.120 e. The molecule has 0 spiro atoms. The van der Waals surface area contributed by atoms with E-state index in [2.05, 4.69) is 41.3 Å². The molecule has 1 rings (SSSR count). The molecule has 108 valence electrons. The van der Waals surface area contributed by atoms with Gasteiger partial charge in [-0.25, -0.2) is 0 Å². The van der Waals surface area contributed by atoms with Crippen LogP contribution in [0.1, 0.15) is 26.7 Å². The zero-order valence-corrected chi connectivity index (χ0v) is 14.4. The number of thioether (sulfide) groups is 1. The molecule has 0 heterocycles. The first-order valence-corrected chi connectivity index (χ1v) is 8.82. The van der Waals surface area contributed by atoms with Gasteiger partial charge in [-0.15, -0.1) is 0 Å². The highest BCUT2D eigenvalue weighted by atomic mass is 79.9. The highest BCUT2D eigenvalue weighted by Gasteiger charge is 2.23. The van der Waals surface area contributed by atoms with Crippen molar-refractivity contribution in [2.45, 2.75) is 31.4 Å². The molecule has 0 aliphatic heterocycles. The Morgan fingerprint density at radius 3 is 2.63 bits per heavy atom. The van der Waals surface area contributed by atoms with Crippen LogP contribution in [0.4, 0.5) is 0 Å². The summed E-state index contributed by atoms with van der Waals surface area (Å²) in [4.78, 5) is 0. The topological polar surface area (TPSA) is 21.3 Å². The summed E-state index contributed by atoms with van der Waals surface area (Å²) in [5.41, 5.74) is 0. The molecule has 0 aromatic heterocycles. The van der Waals surface area contributed by atoms with E-state index in [1.165, 1.54) is 12.8 Å². The molecule has 4 heteroatoms. The van der Waals surface area contributed by atoms with E-state index in [-0.39, 0.29) is 0 Å². The van der Waals surface area contributed by atoms with Crippen LogP contribution in [0.3, 0.4) is 0 Å². The van der Waals surface area contributed by atoms with Crippen LogP contribution in [0.25, 0.3) is 0 Å². The van der Waals surface area contributed by atoms with Crippen molar-refractivity contribution >= 4 is 27.7 Å². The first-order valence-electron chi connectivity index (χ1n) is 6.80. The van der Waals surface area contributed by atoms with Gasteiger partial charge in [-0.05, 0) is 37.3 Å². The van der Waals surface area contributed by atoms with E-state index in [1.807, 2.05) is 36.0 Å². The van der Waals surface area contributed by atoms with Crippen molar-refractivity contribution in [2.75, 3.05) is 26.0 Å². The van der Waals surface area contributed by atoms with Gasteiger partial charge >= 0.3 is 0 Å². The molecule has 0 amide bonds. The SMILES string of the molecule is CCC(CC)(CNCCOc1cccc(Br)c1)SC. The fourth-order valence-corrected chi connectivity index (χ4v) is 3.18. The molecular formula is C15H24BrNOS. The summed E-state index contributed by atoms with van der Waals surface area (Å²) in [6, 6.07) is 7.96. The number of rotatable bonds is 9. The van der Waals surface area contributed by atoms with Crippen LogP contribution in [0, 0.1) is 0 Å². The monoisotopic (exact) mass is 345 g/mol. The number of hydrogen-bond donors (Lipinski definition) is 1. The van der Waals surface area contributed by atoms with Crippen LogP contribution in [0.2, 0.25) is 0 Å². The van der Waals surface area contributed by atoms with Crippen molar-refractivity contribution < 1.29 is 4.74 Å². The van der Waals surface area contributed by atoms with Gasteiger partial charge in [0.25, 0.3) is 0 Å². The summed E-state index contributed by atoms with van der Waals surface area (Å²) in [7, 11) is 0. The lowest BCUT2D eigenvalue weighted by Gasteiger charge is -2.30. The summed E-state index contributed by atoms with van der Waals surface area (Å²) in [5.74, 6) is 0.915. The zero-order chi connectivity index (χ0) is 14.1. The maximum atomic E-state index is 5.70. The average Bonchev–Trinajstić information content (AvgIpc) is 2.44. The summed E-state index contributed by atoms with van der Waals surface area (Å²) in [6.45, 7) is 7.16. The zero-order valence-electron chi connectivity index (χ0n) is 12.0. The van der Waals surface area contributed by atoms with Crippen LogP contribution in [0.15, 0.2) is 28.7 Å². The predicted molar refractivity (Wildman–Crippen MR) is 89.3 cm³/mol. The minimum absolute atomic E-state index is 0.371. The lowest BCUT2D eigenvalue weighted by Crippen LogP contribution is -2.38. The van der Waals surface area contributed by atoms with Crippen molar-refractivity contribution in [3.05, 3.63) is 28.7 Å². The molecule has 0 saturated heterocycles. The third-order valence-corrected chi connectivity index (χ3v) is 5.59. The third-order valence-electron chi connectivity index (χ3n) is 3.51. The van der Waals surface area contributed by atoms with Gasteiger partial charge in [0.1, 0.15) is 12.4 Å². The van der Waals surface area contributed by atoms with Gasteiger partial charge in [-0.1, -0.05) is 35.8 Å². The molecule has 0 bridgehead atoms.